The maximum atomic E-state index is 13.1. The molecule has 1 fully saturated rings. The molecule has 0 aromatic heterocycles. The summed E-state index contributed by atoms with van der Waals surface area (Å²) in [7, 11) is -3.98. The number of para-hydroxylation sites is 3. The average Bonchev–Trinajstić information content (AvgIpc) is 3.01. The summed E-state index contributed by atoms with van der Waals surface area (Å²) in [5, 5.41) is 12.3. The van der Waals surface area contributed by atoms with E-state index in [0.717, 1.165) is 5.69 Å². The highest BCUT2D eigenvalue weighted by Crippen LogP contribution is 2.31. The van der Waals surface area contributed by atoms with Gasteiger partial charge in [0.05, 0.1) is 17.1 Å². The van der Waals surface area contributed by atoms with Crippen LogP contribution in [0, 0.1) is 0 Å². The highest BCUT2D eigenvalue weighted by molar-refractivity contribution is 7.92. The molecule has 1 saturated heterocycles. The number of ether oxygens (including phenoxy) is 1. The molecule has 0 atom stereocenters. The number of hydrogen-bond acceptors (Lipinski definition) is 7. The minimum atomic E-state index is -3.98. The van der Waals surface area contributed by atoms with Crippen molar-refractivity contribution >= 4 is 33.2 Å². The van der Waals surface area contributed by atoms with Gasteiger partial charge in [-0.3, -0.25) is 14.3 Å². The smallest absolute Gasteiger partial charge is 0.262 e. The Balaban J connectivity index is 1.14. The van der Waals surface area contributed by atoms with Gasteiger partial charge in [-0.2, -0.15) is 0 Å². The van der Waals surface area contributed by atoms with Crippen LogP contribution in [-0.2, 0) is 14.8 Å². The number of phenolic OH excluding ortho intramolecular Hbond substituents is 1. The van der Waals surface area contributed by atoms with Crippen LogP contribution in [0.3, 0.4) is 0 Å². The van der Waals surface area contributed by atoms with Crippen LogP contribution in [0.4, 0.5) is 11.4 Å². The third-order valence-electron chi connectivity index (χ3n) is 6.76. The fourth-order valence-electron chi connectivity index (χ4n) is 4.52. The van der Waals surface area contributed by atoms with Crippen molar-refractivity contribution in [1.29, 1.82) is 0 Å². The topological polar surface area (TPSA) is 128 Å². The summed E-state index contributed by atoms with van der Waals surface area (Å²) in [5.74, 6) is 0.399. The standard InChI is InChI=1S/C31H30N4O6S/c36-25-8-6-7-24(21-25)34-17-19-35(20-18-34)30(37)22-32-31(38)23-13-15-27(16-14-23)42(39,40)33-28-11-4-5-12-29(28)41-26-9-2-1-3-10-26/h1-16,21,33,36H,17-20,22H2,(H,32,38). The van der Waals surface area contributed by atoms with Crippen LogP contribution in [0.2, 0.25) is 0 Å². The van der Waals surface area contributed by atoms with E-state index in [4.69, 9.17) is 4.74 Å². The lowest BCUT2D eigenvalue weighted by atomic mass is 10.2. The van der Waals surface area contributed by atoms with Gasteiger partial charge < -0.3 is 25.0 Å². The van der Waals surface area contributed by atoms with E-state index in [-0.39, 0.29) is 34.3 Å². The van der Waals surface area contributed by atoms with Crippen LogP contribution in [0.25, 0.3) is 0 Å². The number of benzene rings is 4. The number of aromatic hydroxyl groups is 1. The van der Waals surface area contributed by atoms with Gasteiger partial charge in [-0.25, -0.2) is 8.42 Å². The molecule has 10 nitrogen and oxygen atoms in total. The van der Waals surface area contributed by atoms with E-state index < -0.39 is 15.9 Å². The second-order valence-electron chi connectivity index (χ2n) is 9.61. The zero-order valence-electron chi connectivity index (χ0n) is 22.6. The first-order valence-electron chi connectivity index (χ1n) is 13.3. The fraction of sp³-hybridized carbons (Fsp3) is 0.161. The van der Waals surface area contributed by atoms with Crippen molar-refractivity contribution in [3.8, 4) is 17.2 Å². The number of rotatable bonds is 9. The number of phenols is 1. The predicted octanol–water partition coefficient (Wildman–Crippen LogP) is 4.06. The average molecular weight is 587 g/mol. The quantitative estimate of drug-likeness (QED) is 0.270. The maximum Gasteiger partial charge on any atom is 0.262 e. The van der Waals surface area contributed by atoms with Gasteiger partial charge >= 0.3 is 0 Å². The lowest BCUT2D eigenvalue weighted by Crippen LogP contribution is -2.51. The summed E-state index contributed by atoms with van der Waals surface area (Å²) in [4.78, 5) is 29.1. The summed E-state index contributed by atoms with van der Waals surface area (Å²) in [6, 6.07) is 28.1. The van der Waals surface area contributed by atoms with Crippen molar-refractivity contribution < 1.29 is 27.9 Å². The van der Waals surface area contributed by atoms with Crippen molar-refractivity contribution in [2.45, 2.75) is 4.90 Å². The molecule has 5 rings (SSSR count). The number of carbonyl (C=O) groups excluding carboxylic acids is 2. The van der Waals surface area contributed by atoms with Gasteiger partial charge in [-0.15, -0.1) is 0 Å². The van der Waals surface area contributed by atoms with Gasteiger partial charge in [0.1, 0.15) is 11.5 Å². The Morgan fingerprint density at radius 3 is 2.21 bits per heavy atom. The van der Waals surface area contributed by atoms with Gasteiger partial charge in [0.2, 0.25) is 5.91 Å². The predicted molar refractivity (Wildman–Crippen MR) is 159 cm³/mol. The molecule has 0 unspecified atom stereocenters. The molecular formula is C31H30N4O6S. The molecule has 0 saturated carbocycles. The van der Waals surface area contributed by atoms with Gasteiger partial charge in [0.15, 0.2) is 5.75 Å². The van der Waals surface area contributed by atoms with E-state index in [1.54, 1.807) is 59.5 Å². The molecule has 216 valence electrons. The number of anilines is 2. The van der Waals surface area contributed by atoms with Crippen LogP contribution in [0.1, 0.15) is 10.4 Å². The van der Waals surface area contributed by atoms with E-state index in [1.165, 1.54) is 24.3 Å². The molecule has 11 heteroatoms. The van der Waals surface area contributed by atoms with Crippen molar-refractivity contribution in [3.05, 3.63) is 109 Å². The molecule has 1 aliphatic rings. The van der Waals surface area contributed by atoms with Crippen LogP contribution >= 0.6 is 0 Å². The van der Waals surface area contributed by atoms with E-state index in [0.29, 0.717) is 37.7 Å². The van der Waals surface area contributed by atoms with Gasteiger partial charge in [0, 0.05) is 43.5 Å². The summed E-state index contributed by atoms with van der Waals surface area (Å²) >= 11 is 0. The van der Waals surface area contributed by atoms with E-state index in [9.17, 15) is 23.1 Å². The lowest BCUT2D eigenvalue weighted by molar-refractivity contribution is -0.130. The minimum Gasteiger partial charge on any atom is -0.508 e. The Kier molecular flexibility index (Phi) is 8.58. The first kappa shape index (κ1) is 28.5. The number of nitrogens with zero attached hydrogens (tertiary/aromatic N) is 2. The molecule has 1 aliphatic heterocycles. The second kappa shape index (κ2) is 12.6. The number of piperazine rings is 1. The van der Waals surface area contributed by atoms with E-state index >= 15 is 0 Å². The van der Waals surface area contributed by atoms with Crippen molar-refractivity contribution in [2.24, 2.45) is 0 Å². The first-order chi connectivity index (χ1) is 20.3. The number of sulfonamides is 1. The third kappa shape index (κ3) is 6.99. The van der Waals surface area contributed by atoms with Gasteiger partial charge in [0.25, 0.3) is 15.9 Å². The number of carbonyl (C=O) groups is 2. The number of hydrogen-bond donors (Lipinski definition) is 3. The van der Waals surface area contributed by atoms with Crippen molar-refractivity contribution in [2.75, 3.05) is 42.3 Å². The molecule has 2 amide bonds. The minimum absolute atomic E-state index is 0.0331. The summed E-state index contributed by atoms with van der Waals surface area (Å²) in [6.45, 7) is 2.02. The van der Waals surface area contributed by atoms with Gasteiger partial charge in [-0.1, -0.05) is 36.4 Å². The Morgan fingerprint density at radius 2 is 1.50 bits per heavy atom. The Bertz CT molecular complexity index is 1650. The molecular weight excluding hydrogens is 556 g/mol. The zero-order chi connectivity index (χ0) is 29.5. The molecule has 4 aromatic carbocycles. The normalized spacial score (nSPS) is 13.3. The molecule has 1 heterocycles. The van der Waals surface area contributed by atoms with Crippen molar-refractivity contribution in [1.82, 2.24) is 10.2 Å². The molecule has 0 aliphatic carbocycles. The SMILES string of the molecule is O=C(NCC(=O)N1CCN(c2cccc(O)c2)CC1)c1ccc(S(=O)(=O)Nc2ccccc2Oc2ccccc2)cc1. The van der Waals surface area contributed by atoms with Crippen LogP contribution in [0.5, 0.6) is 17.2 Å². The molecule has 4 aromatic rings. The Labute approximate surface area is 244 Å². The molecule has 42 heavy (non-hydrogen) atoms. The molecule has 0 radical (unpaired) electrons. The molecule has 0 bridgehead atoms. The highest BCUT2D eigenvalue weighted by atomic mass is 32.2. The first-order valence-corrected chi connectivity index (χ1v) is 14.8. The molecule has 0 spiro atoms. The summed E-state index contributed by atoms with van der Waals surface area (Å²) in [5.41, 5.74) is 1.38. The van der Waals surface area contributed by atoms with Crippen LogP contribution in [-0.4, -0.2) is 63.0 Å². The Morgan fingerprint density at radius 1 is 0.810 bits per heavy atom. The largest absolute Gasteiger partial charge is 0.508 e. The second-order valence-corrected chi connectivity index (χ2v) is 11.3. The number of nitrogens with one attached hydrogen (secondary N) is 2. The highest BCUT2D eigenvalue weighted by Gasteiger charge is 2.22. The monoisotopic (exact) mass is 586 g/mol. The van der Waals surface area contributed by atoms with E-state index in [2.05, 4.69) is 14.9 Å². The van der Waals surface area contributed by atoms with Gasteiger partial charge in [-0.05, 0) is 60.7 Å². The summed E-state index contributed by atoms with van der Waals surface area (Å²) in [6.07, 6.45) is 0. The Hall–Kier alpha value is -5.03. The molecule has 3 N–H and O–H groups in total. The van der Waals surface area contributed by atoms with Crippen molar-refractivity contribution in [3.63, 3.8) is 0 Å². The third-order valence-corrected chi connectivity index (χ3v) is 8.14. The zero-order valence-corrected chi connectivity index (χ0v) is 23.5. The fourth-order valence-corrected chi connectivity index (χ4v) is 5.59. The number of amides is 2. The lowest BCUT2D eigenvalue weighted by Gasteiger charge is -2.36. The van der Waals surface area contributed by atoms with Crippen LogP contribution in [0.15, 0.2) is 108 Å². The van der Waals surface area contributed by atoms with Crippen LogP contribution < -0.4 is 19.7 Å². The maximum absolute atomic E-state index is 13.1. The summed E-state index contributed by atoms with van der Waals surface area (Å²) < 4.78 is 34.5. The van der Waals surface area contributed by atoms with E-state index in [1.807, 2.05) is 24.3 Å².